The SMILES string of the molecule is CN(C)c1ccc(C=NCC(F)(F)C(F)(F)C(F)(F)C(F)F)cc1. The zero-order chi connectivity index (χ0) is 18.8. The molecule has 0 radical (unpaired) electrons. The van der Waals surface area contributed by atoms with Gasteiger partial charge in [-0.05, 0) is 17.7 Å². The fraction of sp³-hybridized carbons (Fsp3) is 0.500. The van der Waals surface area contributed by atoms with Crippen LogP contribution in [0.25, 0.3) is 0 Å². The van der Waals surface area contributed by atoms with Crippen LogP contribution < -0.4 is 4.90 Å². The molecule has 136 valence electrons. The second-order valence-electron chi connectivity index (χ2n) is 5.16. The van der Waals surface area contributed by atoms with E-state index in [0.29, 0.717) is 0 Å². The molecule has 0 amide bonds. The molecule has 0 saturated heterocycles. The number of rotatable bonds is 7. The van der Waals surface area contributed by atoms with Crippen LogP contribution in [-0.2, 0) is 0 Å². The highest BCUT2D eigenvalue weighted by molar-refractivity contribution is 5.80. The van der Waals surface area contributed by atoms with Gasteiger partial charge in [0.1, 0.15) is 6.54 Å². The van der Waals surface area contributed by atoms with Gasteiger partial charge in [-0.15, -0.1) is 0 Å². The Kier molecular flexibility index (Phi) is 5.83. The Morgan fingerprint density at radius 1 is 1.00 bits per heavy atom. The minimum atomic E-state index is -6.24. The maximum Gasteiger partial charge on any atom is 0.379 e. The maximum absolute atomic E-state index is 13.2. The van der Waals surface area contributed by atoms with Crippen LogP contribution in [0.15, 0.2) is 29.3 Å². The summed E-state index contributed by atoms with van der Waals surface area (Å²) in [4.78, 5) is 4.72. The third-order valence-corrected chi connectivity index (χ3v) is 3.09. The normalized spacial score (nSPS) is 13.8. The Bertz CT molecular complexity index is 567. The molecule has 0 aromatic heterocycles. The van der Waals surface area contributed by atoms with Crippen molar-refractivity contribution >= 4 is 11.9 Å². The van der Waals surface area contributed by atoms with E-state index in [1.54, 1.807) is 31.1 Å². The van der Waals surface area contributed by atoms with E-state index in [-0.39, 0.29) is 5.56 Å². The maximum atomic E-state index is 13.2. The number of aliphatic imine (C=N–C) groups is 1. The van der Waals surface area contributed by atoms with E-state index in [4.69, 9.17) is 0 Å². The van der Waals surface area contributed by atoms with Crippen molar-refractivity contribution < 1.29 is 35.1 Å². The van der Waals surface area contributed by atoms with Gasteiger partial charge >= 0.3 is 24.2 Å². The highest BCUT2D eigenvalue weighted by atomic mass is 19.4. The fourth-order valence-corrected chi connectivity index (χ4v) is 1.60. The molecule has 1 aromatic carbocycles. The van der Waals surface area contributed by atoms with Crippen LogP contribution in [0, 0.1) is 0 Å². The third-order valence-electron chi connectivity index (χ3n) is 3.09. The third kappa shape index (κ3) is 3.96. The van der Waals surface area contributed by atoms with Crippen molar-refractivity contribution in [3.8, 4) is 0 Å². The van der Waals surface area contributed by atoms with Gasteiger partial charge in [0.05, 0.1) is 0 Å². The Balaban J connectivity index is 2.87. The Hall–Kier alpha value is -1.87. The average molecular weight is 362 g/mol. The molecule has 0 spiro atoms. The van der Waals surface area contributed by atoms with Crippen molar-refractivity contribution in [3.63, 3.8) is 0 Å². The lowest BCUT2D eigenvalue weighted by Gasteiger charge is -2.31. The van der Waals surface area contributed by atoms with Crippen LogP contribution in [0.4, 0.5) is 40.8 Å². The molecule has 2 nitrogen and oxygen atoms in total. The molecule has 0 saturated carbocycles. The Labute approximate surface area is 132 Å². The molecule has 0 aliphatic rings. The molecule has 1 rings (SSSR count). The molecule has 0 aliphatic carbocycles. The summed E-state index contributed by atoms with van der Waals surface area (Å²) in [5.41, 5.74) is 1.01. The molecule has 0 aliphatic heterocycles. The van der Waals surface area contributed by atoms with Gasteiger partial charge in [-0.2, -0.15) is 26.3 Å². The predicted molar refractivity (Wildman–Crippen MR) is 74.1 cm³/mol. The summed E-state index contributed by atoms with van der Waals surface area (Å²) in [7, 11) is 3.49. The van der Waals surface area contributed by atoms with Crippen LogP contribution in [0.2, 0.25) is 0 Å². The summed E-state index contributed by atoms with van der Waals surface area (Å²) in [6, 6.07) is 6.03. The van der Waals surface area contributed by atoms with Gasteiger partial charge in [0, 0.05) is 26.0 Å². The average Bonchev–Trinajstić information content (AvgIpc) is 2.47. The van der Waals surface area contributed by atoms with E-state index in [1.165, 1.54) is 12.1 Å². The van der Waals surface area contributed by atoms with Crippen molar-refractivity contribution in [2.75, 3.05) is 25.5 Å². The molecule has 24 heavy (non-hydrogen) atoms. The molecule has 10 heteroatoms. The van der Waals surface area contributed by atoms with Crippen LogP contribution in [0.5, 0.6) is 0 Å². The first-order valence-electron chi connectivity index (χ1n) is 6.52. The van der Waals surface area contributed by atoms with Crippen LogP contribution in [0.3, 0.4) is 0 Å². The first-order chi connectivity index (χ1) is 10.8. The predicted octanol–water partition coefficient (Wildman–Crippen LogP) is 4.34. The quantitative estimate of drug-likeness (QED) is 0.520. The number of benzene rings is 1. The summed E-state index contributed by atoms with van der Waals surface area (Å²) in [6.45, 7) is -2.06. The topological polar surface area (TPSA) is 15.6 Å². The van der Waals surface area contributed by atoms with Crippen LogP contribution >= 0.6 is 0 Å². The number of alkyl halides is 8. The van der Waals surface area contributed by atoms with Gasteiger partial charge in [-0.3, -0.25) is 4.99 Å². The number of anilines is 1. The summed E-state index contributed by atoms with van der Waals surface area (Å²) >= 11 is 0. The fourth-order valence-electron chi connectivity index (χ4n) is 1.60. The van der Waals surface area contributed by atoms with E-state index in [1.807, 2.05) is 0 Å². The smallest absolute Gasteiger partial charge is 0.378 e. The van der Waals surface area contributed by atoms with Crippen molar-refractivity contribution in [3.05, 3.63) is 29.8 Å². The summed E-state index contributed by atoms with van der Waals surface area (Å²) in [5.74, 6) is -17.8. The van der Waals surface area contributed by atoms with Crippen LogP contribution in [-0.4, -0.2) is 51.0 Å². The Morgan fingerprint density at radius 3 is 1.92 bits per heavy atom. The highest BCUT2D eigenvalue weighted by Gasteiger charge is 2.75. The highest BCUT2D eigenvalue weighted by Crippen LogP contribution is 2.48. The van der Waals surface area contributed by atoms with Crippen LogP contribution in [0.1, 0.15) is 5.56 Å². The summed E-state index contributed by atoms with van der Waals surface area (Å²) in [5, 5.41) is 0. The number of halogens is 8. The van der Waals surface area contributed by atoms with E-state index in [0.717, 1.165) is 11.9 Å². The molecule has 0 N–H and O–H groups in total. The molecule has 0 fully saturated rings. The molecule has 0 unspecified atom stereocenters. The molecule has 0 atom stereocenters. The van der Waals surface area contributed by atoms with E-state index >= 15 is 0 Å². The van der Waals surface area contributed by atoms with E-state index in [9.17, 15) is 35.1 Å². The molecule has 0 heterocycles. The number of hydrogen-bond donors (Lipinski definition) is 0. The lowest BCUT2D eigenvalue weighted by molar-refractivity contribution is -0.335. The van der Waals surface area contributed by atoms with Gasteiger partial charge in [0.25, 0.3) is 0 Å². The second kappa shape index (κ2) is 6.94. The number of nitrogens with zero attached hydrogens (tertiary/aromatic N) is 2. The van der Waals surface area contributed by atoms with Gasteiger partial charge < -0.3 is 4.90 Å². The first-order valence-corrected chi connectivity index (χ1v) is 6.52. The zero-order valence-electron chi connectivity index (χ0n) is 12.6. The summed E-state index contributed by atoms with van der Waals surface area (Å²) < 4.78 is 102. The van der Waals surface area contributed by atoms with Crippen molar-refractivity contribution in [2.24, 2.45) is 4.99 Å². The summed E-state index contributed by atoms with van der Waals surface area (Å²) in [6.07, 6.45) is -4.16. The van der Waals surface area contributed by atoms with Gasteiger partial charge in [-0.25, -0.2) is 8.78 Å². The second-order valence-corrected chi connectivity index (χ2v) is 5.16. The molecular weight excluding hydrogens is 348 g/mol. The molecule has 1 aromatic rings. The van der Waals surface area contributed by atoms with Crippen molar-refractivity contribution in [2.45, 2.75) is 24.2 Å². The minimum Gasteiger partial charge on any atom is -0.378 e. The van der Waals surface area contributed by atoms with E-state index in [2.05, 4.69) is 4.99 Å². The monoisotopic (exact) mass is 362 g/mol. The molecule has 0 bridgehead atoms. The standard InChI is InChI=1S/C14H14F8N2/c1-24(2)10-5-3-9(4-6-10)7-23-8-12(17,18)14(21,22)13(19,20)11(15)16/h3-7,11H,8H2,1-2H3. The van der Waals surface area contributed by atoms with Gasteiger partial charge in [0.2, 0.25) is 0 Å². The Morgan fingerprint density at radius 2 is 1.50 bits per heavy atom. The first kappa shape index (κ1) is 20.2. The number of hydrogen-bond acceptors (Lipinski definition) is 2. The zero-order valence-corrected chi connectivity index (χ0v) is 12.6. The van der Waals surface area contributed by atoms with Crippen molar-refractivity contribution in [1.82, 2.24) is 0 Å². The van der Waals surface area contributed by atoms with Crippen molar-refractivity contribution in [1.29, 1.82) is 0 Å². The van der Waals surface area contributed by atoms with Gasteiger partial charge in [-0.1, -0.05) is 12.1 Å². The van der Waals surface area contributed by atoms with Gasteiger partial charge in [0.15, 0.2) is 0 Å². The van der Waals surface area contributed by atoms with E-state index < -0.39 is 30.7 Å². The largest absolute Gasteiger partial charge is 0.379 e. The minimum absolute atomic E-state index is 0.250. The lowest BCUT2D eigenvalue weighted by Crippen LogP contribution is -2.58. The lowest BCUT2D eigenvalue weighted by atomic mass is 10.1. The molecular formula is C14H14F8N2.